The Kier molecular flexibility index (Phi) is 25.2. The summed E-state index contributed by atoms with van der Waals surface area (Å²) in [5.41, 5.74) is 0.0478. The van der Waals surface area contributed by atoms with Crippen LogP contribution in [-0.4, -0.2) is 97.3 Å². The Morgan fingerprint density at radius 1 is 0.269 bits per heavy atom. The lowest BCUT2D eigenvalue weighted by molar-refractivity contribution is -0.213. The normalized spacial score (nSPS) is 21.9. The molecule has 24 heteroatoms. The van der Waals surface area contributed by atoms with Crippen LogP contribution in [0.15, 0.2) is 97.1 Å². The molecule has 0 amide bonds. The lowest BCUT2D eigenvalue weighted by Crippen LogP contribution is -2.54. The Labute approximate surface area is 540 Å². The van der Waals surface area contributed by atoms with Gasteiger partial charge in [0.25, 0.3) is 0 Å². The zero-order valence-electron chi connectivity index (χ0n) is 53.8. The Morgan fingerprint density at radius 3 is 0.602 bits per heavy atom. The maximum absolute atomic E-state index is 13.1. The van der Waals surface area contributed by atoms with Gasteiger partial charge in [0.2, 0.25) is 0 Å². The van der Waals surface area contributed by atoms with E-state index in [1.807, 2.05) is 55.4 Å². The van der Waals surface area contributed by atoms with Crippen LogP contribution in [0.2, 0.25) is 0 Å². The van der Waals surface area contributed by atoms with E-state index in [2.05, 4.69) is 0 Å². The Hall–Kier alpha value is -8.96. The number of rotatable bonds is 20. The summed E-state index contributed by atoms with van der Waals surface area (Å²) in [5.74, 6) is -1.36. The van der Waals surface area contributed by atoms with Crippen LogP contribution in [0.4, 0.5) is 19.2 Å². The molecular formula is C69H84O24. The maximum atomic E-state index is 13.1. The second-order valence-corrected chi connectivity index (χ2v) is 24.9. The number of ether oxygens (including phenoxy) is 8. The van der Waals surface area contributed by atoms with Crippen LogP contribution in [-0.2, 0) is 58.0 Å². The first-order valence-electron chi connectivity index (χ1n) is 32.0. The highest BCUT2D eigenvalue weighted by Gasteiger charge is 2.57. The van der Waals surface area contributed by atoms with Crippen molar-refractivity contribution in [1.29, 1.82) is 0 Å². The minimum atomic E-state index is -1.18. The summed E-state index contributed by atoms with van der Waals surface area (Å²) in [6, 6.07) is 24.7. The van der Waals surface area contributed by atoms with Gasteiger partial charge in [0.15, 0.2) is 0 Å². The van der Waals surface area contributed by atoms with Crippen LogP contribution in [0.1, 0.15) is 200 Å². The molecule has 0 aromatic heterocycles. The Balaban J connectivity index is 0.961. The molecule has 0 N–H and O–H groups in total. The van der Waals surface area contributed by atoms with E-state index >= 15 is 0 Å². The Bertz CT molecular complexity index is 2670. The highest BCUT2D eigenvalue weighted by atomic mass is 17.3. The van der Waals surface area contributed by atoms with Gasteiger partial charge in [-0.3, -0.25) is 0 Å². The predicted molar refractivity (Wildman–Crippen MR) is 326 cm³/mol. The highest BCUT2D eigenvalue weighted by molar-refractivity contribution is 5.91. The molecule has 8 rings (SSSR count). The summed E-state index contributed by atoms with van der Waals surface area (Å²) in [7, 11) is 0. The van der Waals surface area contributed by atoms with Gasteiger partial charge < -0.3 is 37.9 Å². The van der Waals surface area contributed by atoms with Crippen LogP contribution in [0, 0.1) is 29.1 Å². The second-order valence-electron chi connectivity index (χ2n) is 24.9. The zero-order chi connectivity index (χ0) is 66.6. The molecule has 93 heavy (non-hydrogen) atoms. The minimum Gasteiger partial charge on any atom is -0.491 e. The van der Waals surface area contributed by atoms with Crippen molar-refractivity contribution < 1.29 is 115 Å². The molecule has 0 bridgehead atoms. The molecule has 4 fully saturated rings. The molecule has 504 valence electrons. The summed E-state index contributed by atoms with van der Waals surface area (Å²) in [5, 5.41) is 0. The quantitative estimate of drug-likeness (QED) is 0.0344. The van der Waals surface area contributed by atoms with E-state index < -0.39 is 78.3 Å². The van der Waals surface area contributed by atoms with Crippen molar-refractivity contribution in [3.05, 3.63) is 119 Å². The molecule has 0 spiro atoms. The molecule has 0 saturated heterocycles. The van der Waals surface area contributed by atoms with Crippen molar-refractivity contribution in [1.82, 2.24) is 0 Å². The third kappa shape index (κ3) is 20.5. The summed E-state index contributed by atoms with van der Waals surface area (Å²) in [6.07, 6.45) is 0.909. The van der Waals surface area contributed by atoms with Crippen molar-refractivity contribution in [2.24, 2.45) is 29.1 Å². The van der Waals surface area contributed by atoms with Gasteiger partial charge in [-0.05, 0) is 284 Å². The molecule has 4 saturated carbocycles. The fourth-order valence-electron chi connectivity index (χ4n) is 13.6. The standard InChI is InChI=1S/C69H84O24/c1-41(2)78-53-25-9-45(10-26-53)61(70)86-90-65(74)82-57-33-17-49(18-34-57)69(50-19-35-58(36-20-50)83-66(75)91-87-62(71)46-11-27-54(28-12-46)79-42(3)4,51-21-37-59(38-22-51)84-67(76)92-88-63(72)47-13-29-55(30-14-47)80-43(5)6)52-23-39-60(40-24-52)85-68(77)93-89-64(73)48-15-31-56(32-16-48)81-44(7)8/h9-16,25-32,41-44,49-52,57-60H,17-24,33-40H2,1-8H3. The van der Waals surface area contributed by atoms with E-state index in [-0.39, 0.29) is 70.3 Å². The number of carbonyl (C=O) groups excluding carboxylic acids is 8. The largest absolute Gasteiger partial charge is 0.550 e. The monoisotopic (exact) mass is 1300 g/mol. The molecule has 4 aliphatic rings. The van der Waals surface area contributed by atoms with Crippen LogP contribution in [0.3, 0.4) is 0 Å². The maximum Gasteiger partial charge on any atom is 0.550 e. The van der Waals surface area contributed by atoms with Gasteiger partial charge in [0.05, 0.1) is 46.7 Å². The number of carbonyl (C=O) groups is 8. The fourth-order valence-corrected chi connectivity index (χ4v) is 13.6. The average molecular weight is 1300 g/mol. The summed E-state index contributed by atoms with van der Waals surface area (Å²) >= 11 is 0. The van der Waals surface area contributed by atoms with Crippen molar-refractivity contribution in [3.63, 3.8) is 0 Å². The third-order valence-electron chi connectivity index (χ3n) is 17.2. The second kappa shape index (κ2) is 33.6. The smallest absolute Gasteiger partial charge is 0.491 e. The topological polar surface area (TPSA) is 284 Å². The first-order chi connectivity index (χ1) is 44.6. The Morgan fingerprint density at radius 2 is 0.441 bits per heavy atom. The third-order valence-corrected chi connectivity index (χ3v) is 17.2. The molecule has 4 aromatic carbocycles. The van der Waals surface area contributed by atoms with Crippen molar-refractivity contribution in [3.8, 4) is 23.0 Å². The SMILES string of the molecule is CC(C)Oc1ccc(C(=O)OOC(=O)OC2CCC(C(C3CCC(OC(=O)OOC(=O)c4ccc(OC(C)C)cc4)CC3)(C3CCC(OC(=O)OOC(=O)c4ccc(OC(C)C)cc4)CC3)C3CCC(OC(=O)OOC(=O)c4ccc(OC(C)C)cc4)CC3)CC2)cc1. The first kappa shape index (κ1) is 69.9. The van der Waals surface area contributed by atoms with Crippen molar-refractivity contribution >= 4 is 48.5 Å². The van der Waals surface area contributed by atoms with Crippen LogP contribution in [0.25, 0.3) is 0 Å². The van der Waals surface area contributed by atoms with E-state index in [9.17, 15) is 38.4 Å². The summed E-state index contributed by atoms with van der Waals surface area (Å²) in [4.78, 5) is 143. The number of benzene rings is 4. The molecule has 0 radical (unpaired) electrons. The number of hydrogen-bond donors (Lipinski definition) is 0. The average Bonchev–Trinajstić information content (AvgIpc) is 0.772. The fraction of sp³-hybridized carbons (Fsp3) is 0.536. The van der Waals surface area contributed by atoms with Gasteiger partial charge in [0, 0.05) is 0 Å². The van der Waals surface area contributed by atoms with Gasteiger partial charge in [-0.15, -0.1) is 0 Å². The molecule has 0 unspecified atom stereocenters. The summed E-state index contributed by atoms with van der Waals surface area (Å²) < 4.78 is 45.7. The minimum absolute atomic E-state index is 0.0161. The molecule has 0 aliphatic heterocycles. The van der Waals surface area contributed by atoms with E-state index in [4.69, 9.17) is 77.0 Å². The number of hydrogen-bond acceptors (Lipinski definition) is 24. The highest BCUT2D eigenvalue weighted by Crippen LogP contribution is 2.63. The lowest BCUT2D eigenvalue weighted by atomic mass is 9.45. The van der Waals surface area contributed by atoms with Crippen LogP contribution >= 0.6 is 0 Å². The lowest BCUT2D eigenvalue weighted by Gasteiger charge is -2.60. The van der Waals surface area contributed by atoms with Gasteiger partial charge in [-0.1, -0.05) is 0 Å². The van der Waals surface area contributed by atoms with E-state index in [0.717, 1.165) is 0 Å². The molecule has 0 atom stereocenters. The van der Waals surface area contributed by atoms with E-state index in [0.29, 0.717) is 126 Å². The molecule has 24 nitrogen and oxygen atoms in total. The van der Waals surface area contributed by atoms with Crippen molar-refractivity contribution in [2.75, 3.05) is 0 Å². The van der Waals surface area contributed by atoms with Gasteiger partial charge in [-0.25, -0.2) is 58.3 Å². The molecule has 4 aliphatic carbocycles. The van der Waals surface area contributed by atoms with Crippen LogP contribution in [0.5, 0.6) is 23.0 Å². The zero-order valence-corrected chi connectivity index (χ0v) is 53.8. The molecule has 4 aromatic rings. The van der Waals surface area contributed by atoms with Gasteiger partial charge in [0.1, 0.15) is 47.4 Å². The first-order valence-corrected chi connectivity index (χ1v) is 32.0. The molecule has 0 heterocycles. The summed E-state index contributed by atoms with van der Waals surface area (Å²) in [6.45, 7) is 15.0. The van der Waals surface area contributed by atoms with E-state index in [1.165, 1.54) is 48.5 Å². The predicted octanol–water partition coefficient (Wildman–Crippen LogP) is 15.1. The van der Waals surface area contributed by atoms with E-state index in [1.54, 1.807) is 48.5 Å². The van der Waals surface area contributed by atoms with Crippen molar-refractivity contribution in [2.45, 2.75) is 207 Å². The van der Waals surface area contributed by atoms with Gasteiger partial charge in [-0.2, -0.15) is 19.2 Å². The van der Waals surface area contributed by atoms with Crippen LogP contribution < -0.4 is 18.9 Å². The van der Waals surface area contributed by atoms with Gasteiger partial charge >= 0.3 is 48.5 Å². The molecular weight excluding hydrogens is 1210 g/mol.